The van der Waals surface area contributed by atoms with Gasteiger partial charge in [-0.05, 0) is 18.8 Å². The average molecular weight is 210 g/mol. The minimum Gasteiger partial charge on any atom is -0.481 e. The Morgan fingerprint density at radius 3 is 2.87 bits per heavy atom. The first-order valence-corrected chi connectivity index (χ1v) is 5.12. The molecular weight excluding hydrogens is 196 g/mol. The van der Waals surface area contributed by atoms with E-state index in [1.807, 2.05) is 0 Å². The fourth-order valence-corrected chi connectivity index (χ4v) is 1.95. The van der Waals surface area contributed by atoms with Gasteiger partial charge in [-0.3, -0.25) is 4.79 Å². The summed E-state index contributed by atoms with van der Waals surface area (Å²) in [7, 11) is 0. The van der Waals surface area contributed by atoms with Crippen LogP contribution in [0.1, 0.15) is 19.3 Å². The minimum atomic E-state index is -0.704. The van der Waals surface area contributed by atoms with Gasteiger partial charge in [0.15, 0.2) is 0 Å². The maximum absolute atomic E-state index is 10.5. The highest BCUT2D eigenvalue weighted by Crippen LogP contribution is 2.23. The van der Waals surface area contributed by atoms with Gasteiger partial charge in [0.25, 0.3) is 6.01 Å². The summed E-state index contributed by atoms with van der Waals surface area (Å²) in [5.41, 5.74) is 0. The molecule has 0 aromatic carbocycles. The third-order valence-electron chi connectivity index (χ3n) is 2.77. The average Bonchev–Trinajstić information content (AvgIpc) is 2.71. The van der Waals surface area contributed by atoms with Gasteiger partial charge in [-0.1, -0.05) is 0 Å². The van der Waals surface area contributed by atoms with Crippen molar-refractivity contribution in [2.45, 2.75) is 19.3 Å². The number of carbonyl (C=O) groups is 1. The van der Waals surface area contributed by atoms with Crippen LogP contribution in [-0.2, 0) is 4.79 Å². The number of anilines is 1. The van der Waals surface area contributed by atoms with Crippen LogP contribution >= 0.6 is 0 Å². The molecular formula is C10H14N2O3. The molecule has 1 fully saturated rings. The van der Waals surface area contributed by atoms with Gasteiger partial charge in [0.05, 0.1) is 6.20 Å². The van der Waals surface area contributed by atoms with E-state index in [0.29, 0.717) is 11.9 Å². The highest BCUT2D eigenvalue weighted by molar-refractivity contribution is 5.67. The zero-order valence-corrected chi connectivity index (χ0v) is 8.43. The molecule has 5 heteroatoms. The molecule has 1 saturated heterocycles. The van der Waals surface area contributed by atoms with E-state index >= 15 is 0 Å². The Kier molecular flexibility index (Phi) is 2.89. The molecule has 82 valence electrons. The van der Waals surface area contributed by atoms with Crippen molar-refractivity contribution < 1.29 is 14.3 Å². The van der Waals surface area contributed by atoms with E-state index in [1.54, 1.807) is 12.5 Å². The molecule has 1 aliphatic rings. The normalized spacial score (nSPS) is 18.0. The van der Waals surface area contributed by atoms with Crippen LogP contribution < -0.4 is 4.90 Å². The molecule has 0 amide bonds. The van der Waals surface area contributed by atoms with E-state index in [0.717, 1.165) is 25.9 Å². The number of carboxylic acids is 1. The van der Waals surface area contributed by atoms with Crippen LogP contribution in [0.25, 0.3) is 0 Å². The predicted molar refractivity (Wildman–Crippen MR) is 53.7 cm³/mol. The topological polar surface area (TPSA) is 66.6 Å². The summed E-state index contributed by atoms with van der Waals surface area (Å²) in [6.07, 6.45) is 5.25. The second kappa shape index (κ2) is 4.33. The summed E-state index contributed by atoms with van der Waals surface area (Å²) in [4.78, 5) is 16.7. The summed E-state index contributed by atoms with van der Waals surface area (Å²) in [6, 6.07) is 0.642. The van der Waals surface area contributed by atoms with Crippen LogP contribution in [0.5, 0.6) is 0 Å². The second-order valence-electron chi connectivity index (χ2n) is 3.84. The van der Waals surface area contributed by atoms with E-state index in [4.69, 9.17) is 9.52 Å². The van der Waals surface area contributed by atoms with Gasteiger partial charge >= 0.3 is 5.97 Å². The summed E-state index contributed by atoms with van der Waals surface area (Å²) >= 11 is 0. The zero-order valence-electron chi connectivity index (χ0n) is 8.43. The summed E-state index contributed by atoms with van der Waals surface area (Å²) in [5.74, 6) is -0.404. The lowest BCUT2D eigenvalue weighted by Crippen LogP contribution is -2.34. The largest absolute Gasteiger partial charge is 0.481 e. The lowest BCUT2D eigenvalue weighted by Gasteiger charge is -2.29. The number of oxazole rings is 1. The zero-order chi connectivity index (χ0) is 10.7. The van der Waals surface area contributed by atoms with Gasteiger partial charge in [0, 0.05) is 19.5 Å². The molecule has 1 aromatic rings. The van der Waals surface area contributed by atoms with Crippen molar-refractivity contribution in [3.63, 3.8) is 0 Å². The molecule has 0 atom stereocenters. The molecule has 15 heavy (non-hydrogen) atoms. The molecule has 0 saturated carbocycles. The summed E-state index contributed by atoms with van der Waals surface area (Å²) < 4.78 is 5.19. The SMILES string of the molecule is O=C(O)CC1CCN(c2ncco2)CC1. The number of carboxylic acid groups (broad SMARTS) is 1. The molecule has 1 N–H and O–H groups in total. The molecule has 1 aromatic heterocycles. The number of rotatable bonds is 3. The van der Waals surface area contributed by atoms with Gasteiger partial charge in [0.1, 0.15) is 6.26 Å². The molecule has 0 aliphatic carbocycles. The van der Waals surface area contributed by atoms with Crippen LogP contribution in [0.4, 0.5) is 6.01 Å². The molecule has 5 nitrogen and oxygen atoms in total. The lowest BCUT2D eigenvalue weighted by atomic mass is 9.94. The van der Waals surface area contributed by atoms with Gasteiger partial charge in [-0.15, -0.1) is 0 Å². The van der Waals surface area contributed by atoms with Gasteiger partial charge in [-0.25, -0.2) is 4.98 Å². The molecule has 2 heterocycles. The second-order valence-corrected chi connectivity index (χ2v) is 3.84. The highest BCUT2D eigenvalue weighted by atomic mass is 16.4. The van der Waals surface area contributed by atoms with Crippen molar-refractivity contribution in [3.05, 3.63) is 12.5 Å². The third kappa shape index (κ3) is 2.49. The van der Waals surface area contributed by atoms with Gasteiger partial charge < -0.3 is 14.4 Å². The van der Waals surface area contributed by atoms with Crippen LogP contribution in [0.2, 0.25) is 0 Å². The van der Waals surface area contributed by atoms with E-state index < -0.39 is 5.97 Å². The first kappa shape index (κ1) is 10.0. The molecule has 0 bridgehead atoms. The maximum Gasteiger partial charge on any atom is 0.303 e. The third-order valence-corrected chi connectivity index (χ3v) is 2.77. The van der Waals surface area contributed by atoms with Crippen molar-refractivity contribution in [2.24, 2.45) is 5.92 Å². The quantitative estimate of drug-likeness (QED) is 0.816. The van der Waals surface area contributed by atoms with Gasteiger partial charge in [0.2, 0.25) is 0 Å². The Balaban J connectivity index is 1.84. The van der Waals surface area contributed by atoms with Crippen LogP contribution in [-0.4, -0.2) is 29.1 Å². The van der Waals surface area contributed by atoms with Crippen molar-refractivity contribution in [3.8, 4) is 0 Å². The fraction of sp³-hybridized carbons (Fsp3) is 0.600. The highest BCUT2D eigenvalue weighted by Gasteiger charge is 2.23. The van der Waals surface area contributed by atoms with Crippen LogP contribution in [0, 0.1) is 5.92 Å². The van der Waals surface area contributed by atoms with E-state index in [2.05, 4.69) is 9.88 Å². The number of nitrogens with zero attached hydrogens (tertiary/aromatic N) is 2. The van der Waals surface area contributed by atoms with E-state index in [9.17, 15) is 4.79 Å². The molecule has 1 aliphatic heterocycles. The van der Waals surface area contributed by atoms with Crippen molar-refractivity contribution >= 4 is 12.0 Å². The molecule has 0 unspecified atom stereocenters. The standard InChI is InChI=1S/C10H14N2O3/c13-9(14)7-8-1-4-12(5-2-8)10-11-3-6-15-10/h3,6,8H,1-2,4-5,7H2,(H,13,14). The summed E-state index contributed by atoms with van der Waals surface area (Å²) in [6.45, 7) is 1.66. The van der Waals surface area contributed by atoms with E-state index in [1.165, 1.54) is 0 Å². The van der Waals surface area contributed by atoms with Crippen LogP contribution in [0.3, 0.4) is 0 Å². The monoisotopic (exact) mass is 210 g/mol. The molecule has 0 radical (unpaired) electrons. The number of aliphatic carboxylic acids is 1. The molecule has 0 spiro atoms. The van der Waals surface area contributed by atoms with E-state index in [-0.39, 0.29) is 6.42 Å². The Hall–Kier alpha value is -1.52. The lowest BCUT2D eigenvalue weighted by molar-refractivity contribution is -0.138. The van der Waals surface area contributed by atoms with Crippen molar-refractivity contribution in [2.75, 3.05) is 18.0 Å². The first-order chi connectivity index (χ1) is 7.25. The smallest absolute Gasteiger partial charge is 0.303 e. The minimum absolute atomic E-state index is 0.277. The number of hydrogen-bond donors (Lipinski definition) is 1. The molecule has 2 rings (SSSR count). The fourth-order valence-electron chi connectivity index (χ4n) is 1.95. The van der Waals surface area contributed by atoms with Crippen molar-refractivity contribution in [1.82, 2.24) is 4.98 Å². The predicted octanol–water partition coefficient (Wildman–Crippen LogP) is 1.37. The Bertz CT molecular complexity index is 315. The number of hydrogen-bond acceptors (Lipinski definition) is 4. The number of aromatic nitrogens is 1. The number of piperidine rings is 1. The summed E-state index contributed by atoms with van der Waals surface area (Å²) in [5, 5.41) is 8.67. The Morgan fingerprint density at radius 2 is 2.33 bits per heavy atom. The Labute approximate surface area is 87.7 Å². The Morgan fingerprint density at radius 1 is 1.60 bits per heavy atom. The maximum atomic E-state index is 10.5. The van der Waals surface area contributed by atoms with Crippen LogP contribution in [0.15, 0.2) is 16.9 Å². The first-order valence-electron chi connectivity index (χ1n) is 5.12. The van der Waals surface area contributed by atoms with Gasteiger partial charge in [-0.2, -0.15) is 0 Å². The van der Waals surface area contributed by atoms with Crippen molar-refractivity contribution in [1.29, 1.82) is 0 Å².